The van der Waals surface area contributed by atoms with E-state index in [0.717, 1.165) is 6.42 Å². The molecule has 0 fully saturated rings. The minimum Gasteiger partial charge on any atom is -0.494 e. The largest absolute Gasteiger partial charge is 0.573 e. The minimum absolute atomic E-state index is 0.0377. The van der Waals surface area contributed by atoms with Crippen molar-refractivity contribution < 1.29 is 27.9 Å². The number of carboxylic acid groups (broad SMARTS) is 1. The molecule has 0 aromatic carbocycles. The van der Waals surface area contributed by atoms with Gasteiger partial charge < -0.3 is 23.1 Å². The maximum Gasteiger partial charge on any atom is 0.573 e. The fourth-order valence-corrected chi connectivity index (χ4v) is 3.16. The van der Waals surface area contributed by atoms with Crippen molar-refractivity contribution in [3.05, 3.63) is 11.0 Å². The predicted molar refractivity (Wildman–Crippen MR) is 63.4 cm³/mol. The van der Waals surface area contributed by atoms with Gasteiger partial charge in [0.25, 0.3) is 0 Å². The quantitative estimate of drug-likeness (QED) is 0.403. The monoisotopic (exact) mass is 264 g/mol. The van der Waals surface area contributed by atoms with Crippen LogP contribution in [0.15, 0.2) is 11.0 Å². The van der Waals surface area contributed by atoms with E-state index in [9.17, 15) is 4.79 Å². The van der Waals surface area contributed by atoms with Gasteiger partial charge in [0, 0.05) is 21.3 Å². The number of aliphatic carboxylic acids is 1. The first-order chi connectivity index (χ1) is 7.98. The van der Waals surface area contributed by atoms with Gasteiger partial charge in [0.05, 0.1) is 12.2 Å². The molecule has 0 saturated carbocycles. The topological polar surface area (TPSA) is 74.2 Å². The van der Waals surface area contributed by atoms with Crippen molar-refractivity contribution in [2.75, 3.05) is 27.9 Å². The summed E-state index contributed by atoms with van der Waals surface area (Å²) < 4.78 is 21.1. The Bertz CT molecular complexity index is 276. The molecule has 6 nitrogen and oxygen atoms in total. The van der Waals surface area contributed by atoms with Gasteiger partial charge in [0.15, 0.2) is 5.38 Å². The van der Waals surface area contributed by atoms with Gasteiger partial charge in [-0.1, -0.05) is 6.92 Å². The number of rotatable bonds is 8. The van der Waals surface area contributed by atoms with Gasteiger partial charge >= 0.3 is 14.8 Å². The molecule has 0 heterocycles. The standard InChI is InChI=1S/C10H20O6Si/c1-6-7-16-10(8(2)9(11)12)17(13-3,14-4)15-5/h6-7H2,1-5H3,(H,11,12)/b10-8+. The molecule has 0 aromatic heterocycles. The first-order valence-corrected chi connectivity index (χ1v) is 6.94. The highest BCUT2D eigenvalue weighted by Crippen LogP contribution is 2.23. The van der Waals surface area contributed by atoms with E-state index in [-0.39, 0.29) is 11.0 Å². The molecule has 0 bridgehead atoms. The molecule has 100 valence electrons. The van der Waals surface area contributed by atoms with E-state index < -0.39 is 14.8 Å². The molecule has 0 rings (SSSR count). The molecule has 0 amide bonds. The Morgan fingerprint density at radius 1 is 1.18 bits per heavy atom. The van der Waals surface area contributed by atoms with Crippen LogP contribution in [0.1, 0.15) is 20.3 Å². The summed E-state index contributed by atoms with van der Waals surface area (Å²) in [6.07, 6.45) is 0.748. The zero-order valence-corrected chi connectivity index (χ0v) is 11.9. The Labute approximate surface area is 102 Å². The van der Waals surface area contributed by atoms with Gasteiger partial charge in [-0.3, -0.25) is 0 Å². The van der Waals surface area contributed by atoms with Crippen LogP contribution >= 0.6 is 0 Å². The van der Waals surface area contributed by atoms with Crippen molar-refractivity contribution in [3.8, 4) is 0 Å². The first-order valence-electron chi connectivity index (χ1n) is 5.21. The second-order valence-corrected chi connectivity index (χ2v) is 6.07. The molecule has 0 saturated heterocycles. The summed E-state index contributed by atoms with van der Waals surface area (Å²) in [4.78, 5) is 11.0. The summed E-state index contributed by atoms with van der Waals surface area (Å²) in [5.74, 6) is -1.08. The highest BCUT2D eigenvalue weighted by atomic mass is 28.4. The van der Waals surface area contributed by atoms with Crippen LogP contribution in [0.2, 0.25) is 0 Å². The summed E-state index contributed by atoms with van der Waals surface area (Å²) in [6.45, 7) is 3.74. The average molecular weight is 264 g/mol. The van der Waals surface area contributed by atoms with Gasteiger partial charge in [-0.2, -0.15) is 0 Å². The predicted octanol–water partition coefficient (Wildman–Crippen LogP) is 1.19. The molecule has 1 N–H and O–H groups in total. The summed E-state index contributed by atoms with van der Waals surface area (Å²) >= 11 is 0. The van der Waals surface area contributed by atoms with Crippen LogP contribution in [0.4, 0.5) is 0 Å². The summed E-state index contributed by atoms with van der Waals surface area (Å²) in [6, 6.07) is 0. The second kappa shape index (κ2) is 7.44. The first kappa shape index (κ1) is 16.1. The van der Waals surface area contributed by atoms with Crippen molar-refractivity contribution in [2.45, 2.75) is 20.3 Å². The average Bonchev–Trinajstić information content (AvgIpc) is 2.34. The number of hydrogen-bond acceptors (Lipinski definition) is 5. The highest BCUT2D eigenvalue weighted by Gasteiger charge is 2.47. The molecule has 0 aromatic rings. The van der Waals surface area contributed by atoms with Crippen molar-refractivity contribution in [1.82, 2.24) is 0 Å². The third-order valence-electron chi connectivity index (χ3n) is 2.20. The molecular weight excluding hydrogens is 244 g/mol. The Morgan fingerprint density at radius 3 is 1.94 bits per heavy atom. The molecule has 0 aliphatic rings. The normalized spacial score (nSPS) is 13.2. The SMILES string of the molecule is CCCO/C(=C(/C)C(=O)O)[Si](OC)(OC)OC. The van der Waals surface area contributed by atoms with Crippen molar-refractivity contribution >= 4 is 14.8 Å². The van der Waals surface area contributed by atoms with Crippen molar-refractivity contribution in [2.24, 2.45) is 0 Å². The lowest BCUT2D eigenvalue weighted by Gasteiger charge is -2.27. The number of ether oxygens (including phenoxy) is 1. The van der Waals surface area contributed by atoms with Gasteiger partial charge in [-0.05, 0) is 13.3 Å². The minimum atomic E-state index is -3.23. The molecule has 0 radical (unpaired) electrons. The van der Waals surface area contributed by atoms with Crippen LogP contribution in [-0.2, 0) is 22.8 Å². The summed E-state index contributed by atoms with van der Waals surface area (Å²) in [5.41, 5.74) is 0.0377. The third-order valence-corrected chi connectivity index (χ3v) is 4.88. The van der Waals surface area contributed by atoms with Gasteiger partial charge in [0.1, 0.15) is 0 Å². The third kappa shape index (κ3) is 3.81. The number of hydrogen-bond donors (Lipinski definition) is 1. The summed E-state index contributed by atoms with van der Waals surface area (Å²) in [5, 5.41) is 9.17. The molecule has 0 unspecified atom stereocenters. The molecule has 0 spiro atoms. The highest BCUT2D eigenvalue weighted by molar-refractivity contribution is 6.68. The lowest BCUT2D eigenvalue weighted by atomic mass is 10.3. The maximum atomic E-state index is 11.0. The van der Waals surface area contributed by atoms with Crippen LogP contribution in [0, 0.1) is 0 Å². The van der Waals surface area contributed by atoms with E-state index in [2.05, 4.69) is 0 Å². The Kier molecular flexibility index (Phi) is 7.05. The van der Waals surface area contributed by atoms with Crippen LogP contribution in [0.25, 0.3) is 0 Å². The second-order valence-electron chi connectivity index (χ2n) is 3.28. The van der Waals surface area contributed by atoms with E-state index in [4.69, 9.17) is 23.1 Å². The smallest absolute Gasteiger partial charge is 0.494 e. The Hall–Kier alpha value is -0.893. The van der Waals surface area contributed by atoms with Gasteiger partial charge in [-0.25, -0.2) is 4.79 Å². The molecule has 0 aliphatic carbocycles. The lowest BCUT2D eigenvalue weighted by molar-refractivity contribution is -0.132. The van der Waals surface area contributed by atoms with Crippen molar-refractivity contribution in [3.63, 3.8) is 0 Å². The van der Waals surface area contributed by atoms with Crippen LogP contribution in [0.3, 0.4) is 0 Å². The Morgan fingerprint density at radius 2 is 1.65 bits per heavy atom. The summed E-state index contributed by atoms with van der Waals surface area (Å²) in [7, 11) is 0.986. The fraction of sp³-hybridized carbons (Fsp3) is 0.700. The molecule has 17 heavy (non-hydrogen) atoms. The molecular formula is C10H20O6Si. The van der Waals surface area contributed by atoms with E-state index in [1.807, 2.05) is 6.92 Å². The van der Waals surface area contributed by atoms with E-state index >= 15 is 0 Å². The van der Waals surface area contributed by atoms with Gasteiger partial charge in [-0.15, -0.1) is 0 Å². The van der Waals surface area contributed by atoms with Crippen LogP contribution < -0.4 is 0 Å². The molecule has 0 atom stereocenters. The zero-order chi connectivity index (χ0) is 13.5. The van der Waals surface area contributed by atoms with E-state index in [1.54, 1.807) is 0 Å². The van der Waals surface area contributed by atoms with Crippen LogP contribution in [0.5, 0.6) is 0 Å². The van der Waals surface area contributed by atoms with Crippen LogP contribution in [-0.4, -0.2) is 47.8 Å². The zero-order valence-electron chi connectivity index (χ0n) is 10.9. The number of carbonyl (C=O) groups is 1. The van der Waals surface area contributed by atoms with E-state index in [1.165, 1.54) is 28.3 Å². The molecule has 7 heteroatoms. The fourth-order valence-electron chi connectivity index (χ4n) is 1.26. The van der Waals surface area contributed by atoms with Gasteiger partial charge in [0.2, 0.25) is 0 Å². The number of carboxylic acids is 1. The molecule has 0 aliphatic heterocycles. The Balaban J connectivity index is 5.42. The maximum absolute atomic E-state index is 11.0. The van der Waals surface area contributed by atoms with Crippen molar-refractivity contribution in [1.29, 1.82) is 0 Å². The lowest BCUT2D eigenvalue weighted by Crippen LogP contribution is -2.47. The van der Waals surface area contributed by atoms with E-state index in [0.29, 0.717) is 6.61 Å².